The fourth-order valence-corrected chi connectivity index (χ4v) is 4.32. The Balaban J connectivity index is 1.36. The monoisotopic (exact) mass is 375 g/mol. The lowest BCUT2D eigenvalue weighted by Crippen LogP contribution is -2.14. The predicted octanol–water partition coefficient (Wildman–Crippen LogP) is 5.86. The first-order valence-corrected chi connectivity index (χ1v) is 10.5. The first-order chi connectivity index (χ1) is 13.8. The van der Waals surface area contributed by atoms with Crippen LogP contribution in [0.5, 0.6) is 5.75 Å². The number of fused-ring (bicyclic) bond motifs is 1. The number of aromatic nitrogens is 1. The Labute approximate surface area is 167 Å². The van der Waals surface area contributed by atoms with E-state index in [1.54, 1.807) is 0 Å². The highest BCUT2D eigenvalue weighted by Crippen LogP contribution is 2.33. The summed E-state index contributed by atoms with van der Waals surface area (Å²) in [5, 5.41) is 11.0. The van der Waals surface area contributed by atoms with E-state index >= 15 is 0 Å². The van der Waals surface area contributed by atoms with Gasteiger partial charge in [-0.3, -0.25) is 0 Å². The quantitative estimate of drug-likeness (QED) is 0.562. The van der Waals surface area contributed by atoms with Gasteiger partial charge in [0.2, 0.25) is 0 Å². The molecule has 1 unspecified atom stereocenters. The molecule has 4 rings (SSSR count). The third-order valence-electron chi connectivity index (χ3n) is 5.96. The number of ether oxygens (including phenoxy) is 1. The van der Waals surface area contributed by atoms with E-state index in [-0.39, 0.29) is 12.5 Å². The summed E-state index contributed by atoms with van der Waals surface area (Å²) in [6.07, 6.45) is 7.79. The number of aliphatic hydroxyl groups is 1. The maximum Gasteiger partial charge on any atom is 0.130 e. The lowest BCUT2D eigenvalue weighted by atomic mass is 9.81. The van der Waals surface area contributed by atoms with Gasteiger partial charge in [-0.1, -0.05) is 68.5 Å². The first kappa shape index (κ1) is 18.9. The predicted molar refractivity (Wildman–Crippen MR) is 114 cm³/mol. The summed E-state index contributed by atoms with van der Waals surface area (Å²) < 4.78 is 5.93. The molecule has 0 spiro atoms. The van der Waals surface area contributed by atoms with Crippen LogP contribution in [0.1, 0.15) is 55.7 Å². The molecule has 146 valence electrons. The van der Waals surface area contributed by atoms with E-state index in [0.29, 0.717) is 6.61 Å². The molecule has 1 saturated carbocycles. The van der Waals surface area contributed by atoms with Crippen LogP contribution in [0.4, 0.5) is 0 Å². The molecule has 2 aromatic carbocycles. The summed E-state index contributed by atoms with van der Waals surface area (Å²) in [6.45, 7) is 0.674. The average Bonchev–Trinajstić information content (AvgIpc) is 2.77. The van der Waals surface area contributed by atoms with Crippen molar-refractivity contribution in [1.29, 1.82) is 0 Å². The Morgan fingerprint density at radius 1 is 0.929 bits per heavy atom. The van der Waals surface area contributed by atoms with Crippen LogP contribution in [-0.2, 0) is 6.61 Å². The number of rotatable bonds is 7. The minimum atomic E-state index is 0.220. The highest BCUT2D eigenvalue weighted by atomic mass is 16.5. The molecular formula is C25H29NO2. The van der Waals surface area contributed by atoms with Gasteiger partial charge in [0, 0.05) is 17.9 Å². The molecule has 0 saturated heterocycles. The summed E-state index contributed by atoms with van der Waals surface area (Å²) in [5.74, 6) is 1.84. The summed E-state index contributed by atoms with van der Waals surface area (Å²) >= 11 is 0. The van der Waals surface area contributed by atoms with Gasteiger partial charge < -0.3 is 9.84 Å². The van der Waals surface area contributed by atoms with E-state index in [1.807, 2.05) is 36.4 Å². The third-order valence-corrected chi connectivity index (χ3v) is 5.96. The summed E-state index contributed by atoms with van der Waals surface area (Å²) in [7, 11) is 0. The highest BCUT2D eigenvalue weighted by Gasteiger charge is 2.19. The molecule has 1 fully saturated rings. The molecule has 0 amide bonds. The van der Waals surface area contributed by atoms with Crippen LogP contribution >= 0.6 is 0 Å². The molecule has 0 radical (unpaired) electrons. The second-order valence-electron chi connectivity index (χ2n) is 7.97. The van der Waals surface area contributed by atoms with Crippen molar-refractivity contribution in [2.75, 3.05) is 6.61 Å². The van der Waals surface area contributed by atoms with Crippen molar-refractivity contribution >= 4 is 10.9 Å². The molecule has 1 aliphatic rings. The van der Waals surface area contributed by atoms with Crippen molar-refractivity contribution in [3.05, 3.63) is 71.9 Å². The maximum atomic E-state index is 9.88. The molecule has 1 atom stereocenters. The SMILES string of the molecule is OCC(CC1CCCCC1)c1ccc(OCc2ccc3ccccc3n2)cc1. The second-order valence-corrected chi connectivity index (χ2v) is 7.97. The van der Waals surface area contributed by atoms with Crippen LogP contribution < -0.4 is 4.74 Å². The van der Waals surface area contributed by atoms with Gasteiger partial charge in [0.05, 0.1) is 11.2 Å². The minimum absolute atomic E-state index is 0.220. The summed E-state index contributed by atoms with van der Waals surface area (Å²) in [6, 6.07) is 20.5. The molecular weight excluding hydrogens is 346 g/mol. The van der Waals surface area contributed by atoms with Crippen molar-refractivity contribution in [2.45, 2.75) is 51.0 Å². The van der Waals surface area contributed by atoms with Crippen LogP contribution in [0.2, 0.25) is 0 Å². The van der Waals surface area contributed by atoms with Crippen molar-refractivity contribution in [2.24, 2.45) is 5.92 Å². The van der Waals surface area contributed by atoms with Gasteiger partial charge in [-0.15, -0.1) is 0 Å². The van der Waals surface area contributed by atoms with Crippen LogP contribution in [-0.4, -0.2) is 16.7 Å². The number of benzene rings is 2. The van der Waals surface area contributed by atoms with Crippen molar-refractivity contribution in [3.63, 3.8) is 0 Å². The number of hydrogen-bond acceptors (Lipinski definition) is 3. The van der Waals surface area contributed by atoms with Gasteiger partial charge in [-0.25, -0.2) is 4.98 Å². The van der Waals surface area contributed by atoms with Gasteiger partial charge in [-0.2, -0.15) is 0 Å². The molecule has 28 heavy (non-hydrogen) atoms. The van der Waals surface area contributed by atoms with Gasteiger partial charge in [-0.05, 0) is 42.2 Å². The van der Waals surface area contributed by atoms with E-state index in [9.17, 15) is 5.11 Å². The zero-order valence-corrected chi connectivity index (χ0v) is 16.4. The second kappa shape index (κ2) is 9.20. The standard InChI is InChI=1S/C25H29NO2/c27-17-22(16-19-6-2-1-3-7-19)20-11-14-24(15-12-20)28-18-23-13-10-21-8-4-5-9-25(21)26-23/h4-5,8-15,19,22,27H,1-3,6-7,16-18H2. The molecule has 3 heteroatoms. The zero-order valence-electron chi connectivity index (χ0n) is 16.4. The van der Waals surface area contributed by atoms with Gasteiger partial charge in [0.15, 0.2) is 0 Å². The minimum Gasteiger partial charge on any atom is -0.487 e. The van der Waals surface area contributed by atoms with Crippen LogP contribution in [0, 0.1) is 5.92 Å². The molecule has 1 heterocycles. The Hall–Kier alpha value is -2.39. The Morgan fingerprint density at radius 2 is 1.71 bits per heavy atom. The normalized spacial score (nSPS) is 16.2. The summed E-state index contributed by atoms with van der Waals surface area (Å²) in [4.78, 5) is 4.66. The zero-order chi connectivity index (χ0) is 19.2. The molecule has 3 aromatic rings. The van der Waals surface area contributed by atoms with Crippen molar-refractivity contribution in [3.8, 4) is 5.75 Å². The van der Waals surface area contributed by atoms with E-state index < -0.39 is 0 Å². The molecule has 1 N–H and O–H groups in total. The molecule has 1 aliphatic carbocycles. The largest absolute Gasteiger partial charge is 0.487 e. The smallest absolute Gasteiger partial charge is 0.130 e. The maximum absolute atomic E-state index is 9.88. The van der Waals surface area contributed by atoms with Gasteiger partial charge in [0.25, 0.3) is 0 Å². The van der Waals surface area contributed by atoms with E-state index in [1.165, 1.54) is 37.7 Å². The Kier molecular flexibility index (Phi) is 6.23. The summed E-state index contributed by atoms with van der Waals surface area (Å²) in [5.41, 5.74) is 3.13. The number of pyridine rings is 1. The van der Waals surface area contributed by atoms with Gasteiger partial charge in [0.1, 0.15) is 12.4 Å². The topological polar surface area (TPSA) is 42.4 Å². The van der Waals surface area contributed by atoms with Crippen molar-refractivity contribution < 1.29 is 9.84 Å². The van der Waals surface area contributed by atoms with Crippen LogP contribution in [0.15, 0.2) is 60.7 Å². The first-order valence-electron chi connectivity index (χ1n) is 10.5. The van der Waals surface area contributed by atoms with E-state index in [4.69, 9.17) is 4.74 Å². The Morgan fingerprint density at radius 3 is 2.50 bits per heavy atom. The number of hydrogen-bond donors (Lipinski definition) is 1. The molecule has 0 aliphatic heterocycles. The fourth-order valence-electron chi connectivity index (χ4n) is 4.32. The third kappa shape index (κ3) is 4.71. The number of para-hydroxylation sites is 1. The highest BCUT2D eigenvalue weighted by molar-refractivity contribution is 5.78. The van der Waals surface area contributed by atoms with E-state index in [2.05, 4.69) is 29.2 Å². The lowest BCUT2D eigenvalue weighted by Gasteiger charge is -2.26. The number of aliphatic hydroxyl groups excluding tert-OH is 1. The lowest BCUT2D eigenvalue weighted by molar-refractivity contribution is 0.226. The molecule has 1 aromatic heterocycles. The average molecular weight is 376 g/mol. The van der Waals surface area contributed by atoms with Crippen molar-refractivity contribution in [1.82, 2.24) is 4.98 Å². The molecule has 3 nitrogen and oxygen atoms in total. The van der Waals surface area contributed by atoms with Crippen LogP contribution in [0.25, 0.3) is 10.9 Å². The Bertz CT molecular complexity index is 884. The molecule has 0 bridgehead atoms. The van der Waals surface area contributed by atoms with E-state index in [0.717, 1.165) is 34.7 Å². The van der Waals surface area contributed by atoms with Gasteiger partial charge >= 0.3 is 0 Å². The van der Waals surface area contributed by atoms with Crippen LogP contribution in [0.3, 0.4) is 0 Å². The fraction of sp³-hybridized carbons (Fsp3) is 0.400. The number of nitrogens with zero attached hydrogens (tertiary/aromatic N) is 1.